The standard InChI is InChI=1S/C13H24N4O/c1-10(2)6-16-12(18)8-17-9-15-7-11(17)5-13(3,4)14/h7,9-10H,5-6,8,14H2,1-4H3,(H,16,18). The minimum atomic E-state index is -0.299. The van der Waals surface area contributed by atoms with Crippen molar-refractivity contribution in [3.63, 3.8) is 0 Å². The molecular formula is C13H24N4O. The molecule has 5 heteroatoms. The molecule has 0 saturated carbocycles. The molecule has 18 heavy (non-hydrogen) atoms. The third-order valence-electron chi connectivity index (χ3n) is 2.46. The molecule has 0 bridgehead atoms. The van der Waals surface area contributed by atoms with Gasteiger partial charge in [0, 0.05) is 30.4 Å². The summed E-state index contributed by atoms with van der Waals surface area (Å²) in [6.45, 7) is 9.06. The quantitative estimate of drug-likeness (QED) is 0.791. The van der Waals surface area contributed by atoms with Gasteiger partial charge in [0.05, 0.1) is 6.33 Å². The molecule has 0 aliphatic carbocycles. The smallest absolute Gasteiger partial charge is 0.239 e. The molecule has 0 aliphatic heterocycles. The van der Waals surface area contributed by atoms with Crippen molar-refractivity contribution < 1.29 is 4.79 Å². The minimum absolute atomic E-state index is 0.0118. The molecule has 0 unspecified atom stereocenters. The molecule has 5 nitrogen and oxygen atoms in total. The zero-order valence-electron chi connectivity index (χ0n) is 11.7. The molecule has 0 atom stereocenters. The molecule has 0 aromatic carbocycles. The Morgan fingerprint density at radius 2 is 2.22 bits per heavy atom. The maximum atomic E-state index is 11.7. The normalized spacial score (nSPS) is 11.9. The SMILES string of the molecule is CC(C)CNC(=O)Cn1cncc1CC(C)(C)N. The van der Waals surface area contributed by atoms with Crippen molar-refractivity contribution in [1.29, 1.82) is 0 Å². The first kappa shape index (κ1) is 14.7. The van der Waals surface area contributed by atoms with Crippen molar-refractivity contribution in [1.82, 2.24) is 14.9 Å². The van der Waals surface area contributed by atoms with Crippen LogP contribution >= 0.6 is 0 Å². The average molecular weight is 252 g/mol. The van der Waals surface area contributed by atoms with E-state index >= 15 is 0 Å². The number of carbonyl (C=O) groups is 1. The fourth-order valence-corrected chi connectivity index (χ4v) is 1.63. The topological polar surface area (TPSA) is 72.9 Å². The van der Waals surface area contributed by atoms with Crippen LogP contribution in [0.4, 0.5) is 0 Å². The van der Waals surface area contributed by atoms with Gasteiger partial charge in [-0.3, -0.25) is 4.79 Å². The van der Waals surface area contributed by atoms with Gasteiger partial charge in [-0.1, -0.05) is 13.8 Å². The maximum absolute atomic E-state index is 11.7. The van der Waals surface area contributed by atoms with Crippen LogP contribution in [0.3, 0.4) is 0 Å². The van der Waals surface area contributed by atoms with Crippen LogP contribution in [0.2, 0.25) is 0 Å². The summed E-state index contributed by atoms with van der Waals surface area (Å²) in [6, 6.07) is 0. The van der Waals surface area contributed by atoms with Crippen molar-refractivity contribution in [2.75, 3.05) is 6.54 Å². The molecular weight excluding hydrogens is 228 g/mol. The van der Waals surface area contributed by atoms with Crippen LogP contribution in [0.1, 0.15) is 33.4 Å². The number of hydrogen-bond donors (Lipinski definition) is 2. The number of hydrogen-bond acceptors (Lipinski definition) is 3. The zero-order chi connectivity index (χ0) is 13.8. The van der Waals surface area contributed by atoms with E-state index in [-0.39, 0.29) is 11.4 Å². The van der Waals surface area contributed by atoms with E-state index in [0.717, 1.165) is 5.69 Å². The summed E-state index contributed by atoms with van der Waals surface area (Å²) in [7, 11) is 0. The van der Waals surface area contributed by atoms with Gasteiger partial charge in [0.1, 0.15) is 6.54 Å². The highest BCUT2D eigenvalue weighted by atomic mass is 16.1. The third kappa shape index (κ3) is 5.31. The Kier molecular flexibility index (Phi) is 4.90. The molecule has 1 rings (SSSR count). The molecule has 0 spiro atoms. The molecule has 0 radical (unpaired) electrons. The first-order valence-electron chi connectivity index (χ1n) is 6.32. The van der Waals surface area contributed by atoms with E-state index in [1.54, 1.807) is 12.5 Å². The molecule has 0 saturated heterocycles. The fourth-order valence-electron chi connectivity index (χ4n) is 1.63. The monoisotopic (exact) mass is 252 g/mol. The summed E-state index contributed by atoms with van der Waals surface area (Å²) in [6.07, 6.45) is 4.14. The summed E-state index contributed by atoms with van der Waals surface area (Å²) >= 11 is 0. The minimum Gasteiger partial charge on any atom is -0.354 e. The third-order valence-corrected chi connectivity index (χ3v) is 2.46. The molecule has 1 aromatic rings. The van der Waals surface area contributed by atoms with Gasteiger partial charge in [0.25, 0.3) is 0 Å². The first-order valence-corrected chi connectivity index (χ1v) is 6.32. The lowest BCUT2D eigenvalue weighted by Crippen LogP contribution is -2.36. The Balaban J connectivity index is 2.57. The number of carbonyl (C=O) groups excluding carboxylic acids is 1. The second kappa shape index (κ2) is 6.00. The van der Waals surface area contributed by atoms with Crippen molar-refractivity contribution in [2.24, 2.45) is 11.7 Å². The van der Waals surface area contributed by atoms with Crippen LogP contribution in [-0.2, 0) is 17.8 Å². The van der Waals surface area contributed by atoms with Crippen molar-refractivity contribution in [3.05, 3.63) is 18.2 Å². The van der Waals surface area contributed by atoms with Gasteiger partial charge in [-0.05, 0) is 19.8 Å². The number of imidazole rings is 1. The highest BCUT2D eigenvalue weighted by molar-refractivity contribution is 5.75. The van der Waals surface area contributed by atoms with Gasteiger partial charge in [-0.25, -0.2) is 4.98 Å². The summed E-state index contributed by atoms with van der Waals surface area (Å²) in [4.78, 5) is 15.8. The highest BCUT2D eigenvalue weighted by Gasteiger charge is 2.15. The zero-order valence-corrected chi connectivity index (χ0v) is 11.7. The van der Waals surface area contributed by atoms with Gasteiger partial charge < -0.3 is 15.6 Å². The van der Waals surface area contributed by atoms with E-state index in [9.17, 15) is 4.79 Å². The Hall–Kier alpha value is -1.36. The highest BCUT2D eigenvalue weighted by Crippen LogP contribution is 2.09. The van der Waals surface area contributed by atoms with Crippen LogP contribution in [0, 0.1) is 5.92 Å². The molecule has 1 amide bonds. The number of rotatable bonds is 6. The van der Waals surface area contributed by atoms with E-state index in [4.69, 9.17) is 5.73 Å². The van der Waals surface area contributed by atoms with E-state index in [1.165, 1.54) is 0 Å². The van der Waals surface area contributed by atoms with Crippen LogP contribution in [0.15, 0.2) is 12.5 Å². The molecule has 102 valence electrons. The van der Waals surface area contributed by atoms with Crippen LogP contribution < -0.4 is 11.1 Å². The number of nitrogens with one attached hydrogen (secondary N) is 1. The predicted octanol–water partition coefficient (Wildman–Crippen LogP) is 0.935. The Morgan fingerprint density at radius 1 is 1.56 bits per heavy atom. The van der Waals surface area contributed by atoms with Crippen molar-refractivity contribution in [2.45, 2.75) is 46.2 Å². The summed E-state index contributed by atoms with van der Waals surface area (Å²) in [5.74, 6) is 0.469. The van der Waals surface area contributed by atoms with Gasteiger partial charge in [0.15, 0.2) is 0 Å². The second-order valence-electron chi connectivity index (χ2n) is 5.88. The summed E-state index contributed by atoms with van der Waals surface area (Å²) < 4.78 is 1.85. The van der Waals surface area contributed by atoms with E-state index in [1.807, 2.05) is 18.4 Å². The molecule has 0 aliphatic rings. The summed E-state index contributed by atoms with van der Waals surface area (Å²) in [5.41, 5.74) is 6.67. The van der Waals surface area contributed by atoms with E-state index < -0.39 is 0 Å². The van der Waals surface area contributed by atoms with E-state index in [2.05, 4.69) is 24.1 Å². The fraction of sp³-hybridized carbons (Fsp3) is 0.692. The molecule has 1 heterocycles. The van der Waals surface area contributed by atoms with E-state index in [0.29, 0.717) is 25.4 Å². The lowest BCUT2D eigenvalue weighted by Gasteiger charge is -2.19. The average Bonchev–Trinajstić information content (AvgIpc) is 2.60. The van der Waals surface area contributed by atoms with Gasteiger partial charge in [-0.2, -0.15) is 0 Å². The predicted molar refractivity (Wildman–Crippen MR) is 72.0 cm³/mol. The number of amides is 1. The summed E-state index contributed by atoms with van der Waals surface area (Å²) in [5, 5.41) is 2.89. The van der Waals surface area contributed by atoms with Crippen molar-refractivity contribution in [3.8, 4) is 0 Å². The van der Waals surface area contributed by atoms with Gasteiger partial charge in [-0.15, -0.1) is 0 Å². The van der Waals surface area contributed by atoms with Gasteiger partial charge in [0.2, 0.25) is 5.91 Å². The molecule has 0 fully saturated rings. The molecule has 1 aromatic heterocycles. The second-order valence-corrected chi connectivity index (χ2v) is 5.88. The Morgan fingerprint density at radius 3 is 2.78 bits per heavy atom. The van der Waals surface area contributed by atoms with Crippen LogP contribution in [0.25, 0.3) is 0 Å². The number of aromatic nitrogens is 2. The Bertz CT molecular complexity index is 390. The van der Waals surface area contributed by atoms with Crippen LogP contribution in [-0.4, -0.2) is 27.5 Å². The first-order chi connectivity index (χ1) is 8.28. The lowest BCUT2D eigenvalue weighted by atomic mass is 10.0. The Labute approximate surface area is 109 Å². The van der Waals surface area contributed by atoms with Crippen LogP contribution in [0.5, 0.6) is 0 Å². The largest absolute Gasteiger partial charge is 0.354 e. The maximum Gasteiger partial charge on any atom is 0.239 e. The van der Waals surface area contributed by atoms with Gasteiger partial charge >= 0.3 is 0 Å². The van der Waals surface area contributed by atoms with Crippen molar-refractivity contribution >= 4 is 5.91 Å². The number of nitrogens with zero attached hydrogens (tertiary/aromatic N) is 2. The number of nitrogens with two attached hydrogens (primary N) is 1. The molecule has 3 N–H and O–H groups in total. The lowest BCUT2D eigenvalue weighted by molar-refractivity contribution is -0.121.